The molecule has 1 aromatic rings. The van der Waals surface area contributed by atoms with E-state index >= 15 is 0 Å². The molecule has 0 amide bonds. The van der Waals surface area contributed by atoms with Crippen molar-refractivity contribution in [2.75, 3.05) is 0 Å². The van der Waals surface area contributed by atoms with E-state index in [-0.39, 0.29) is 18.4 Å². The van der Waals surface area contributed by atoms with Gasteiger partial charge in [0.1, 0.15) is 0 Å². The number of hydrogen-bond donors (Lipinski definition) is 1. The van der Waals surface area contributed by atoms with E-state index in [0.29, 0.717) is 5.92 Å². The third kappa shape index (κ3) is 4.73. The van der Waals surface area contributed by atoms with Gasteiger partial charge in [-0.3, -0.25) is 0 Å². The predicted octanol–water partition coefficient (Wildman–Crippen LogP) is 4.51. The van der Waals surface area contributed by atoms with E-state index in [1.807, 2.05) is 19.1 Å². The Kier molecular flexibility index (Phi) is 7.05. The predicted molar refractivity (Wildman–Crippen MR) is 74.4 cm³/mol. The minimum absolute atomic E-state index is 0. The summed E-state index contributed by atoms with van der Waals surface area (Å²) in [4.78, 5) is 0. The van der Waals surface area contributed by atoms with Gasteiger partial charge in [0.2, 0.25) is 0 Å². The van der Waals surface area contributed by atoms with Crippen molar-refractivity contribution in [1.82, 2.24) is 0 Å². The number of aryl methyl sites for hydroxylation is 1. The van der Waals surface area contributed by atoms with E-state index in [1.54, 1.807) is 0 Å². The summed E-state index contributed by atoms with van der Waals surface area (Å²) in [5, 5.41) is 0.815. The maximum absolute atomic E-state index is 6.12. The largest absolute Gasteiger partial charge is 0.324 e. The molecule has 0 radical (unpaired) electrons. The van der Waals surface area contributed by atoms with Gasteiger partial charge in [0.25, 0.3) is 0 Å². The summed E-state index contributed by atoms with van der Waals surface area (Å²) in [6.07, 6.45) is 2.21. The molecule has 16 heavy (non-hydrogen) atoms. The van der Waals surface area contributed by atoms with Gasteiger partial charge in [-0.05, 0) is 42.9 Å². The van der Waals surface area contributed by atoms with Gasteiger partial charge < -0.3 is 5.73 Å². The highest BCUT2D eigenvalue weighted by Crippen LogP contribution is 2.23. The van der Waals surface area contributed by atoms with Crippen molar-refractivity contribution in [2.45, 2.75) is 39.7 Å². The molecule has 2 N–H and O–H groups in total. The SMILES string of the molecule is Cc1cc([C@H](N)CCC(C)C)ccc1Cl.Cl. The average molecular weight is 262 g/mol. The molecule has 0 aliphatic rings. The highest BCUT2D eigenvalue weighted by molar-refractivity contribution is 6.31. The van der Waals surface area contributed by atoms with Crippen LogP contribution in [0.15, 0.2) is 18.2 Å². The smallest absolute Gasteiger partial charge is 0.0435 e. The van der Waals surface area contributed by atoms with Gasteiger partial charge in [0.15, 0.2) is 0 Å². The molecule has 1 nitrogen and oxygen atoms in total. The molecule has 0 aromatic heterocycles. The summed E-state index contributed by atoms with van der Waals surface area (Å²) in [7, 11) is 0. The minimum atomic E-state index is 0. The van der Waals surface area contributed by atoms with Crippen LogP contribution in [0.5, 0.6) is 0 Å². The van der Waals surface area contributed by atoms with E-state index in [2.05, 4.69) is 19.9 Å². The molecule has 1 atom stereocenters. The van der Waals surface area contributed by atoms with Crippen LogP contribution in [0.3, 0.4) is 0 Å². The molecule has 0 bridgehead atoms. The van der Waals surface area contributed by atoms with Gasteiger partial charge in [0.05, 0.1) is 0 Å². The Morgan fingerprint density at radius 3 is 2.38 bits per heavy atom. The summed E-state index contributed by atoms with van der Waals surface area (Å²) in [6.45, 7) is 6.46. The van der Waals surface area contributed by atoms with Crippen LogP contribution in [-0.4, -0.2) is 0 Å². The van der Waals surface area contributed by atoms with Crippen LogP contribution in [0.1, 0.15) is 43.9 Å². The van der Waals surface area contributed by atoms with Crippen LogP contribution >= 0.6 is 24.0 Å². The molecule has 0 fully saturated rings. The van der Waals surface area contributed by atoms with E-state index in [4.69, 9.17) is 17.3 Å². The first-order valence-corrected chi connectivity index (χ1v) is 5.90. The Morgan fingerprint density at radius 1 is 1.25 bits per heavy atom. The van der Waals surface area contributed by atoms with Crippen LogP contribution in [0, 0.1) is 12.8 Å². The molecular weight excluding hydrogens is 241 g/mol. The van der Waals surface area contributed by atoms with Crippen molar-refractivity contribution >= 4 is 24.0 Å². The lowest BCUT2D eigenvalue weighted by Crippen LogP contribution is -2.11. The molecule has 1 aromatic carbocycles. The van der Waals surface area contributed by atoms with Crippen molar-refractivity contribution in [2.24, 2.45) is 11.7 Å². The van der Waals surface area contributed by atoms with Crippen molar-refractivity contribution in [3.8, 4) is 0 Å². The lowest BCUT2D eigenvalue weighted by molar-refractivity contribution is 0.507. The summed E-state index contributed by atoms with van der Waals surface area (Å²) >= 11 is 5.97. The zero-order valence-electron chi connectivity index (χ0n) is 10.2. The van der Waals surface area contributed by atoms with Crippen LogP contribution in [0.25, 0.3) is 0 Å². The zero-order valence-corrected chi connectivity index (χ0v) is 11.7. The number of halogens is 2. The summed E-state index contributed by atoms with van der Waals surface area (Å²) in [5.41, 5.74) is 8.42. The molecule has 0 aliphatic heterocycles. The Labute approximate surface area is 110 Å². The fraction of sp³-hybridized carbons (Fsp3) is 0.538. The van der Waals surface area contributed by atoms with Gasteiger partial charge in [0, 0.05) is 11.1 Å². The number of nitrogens with two attached hydrogens (primary N) is 1. The minimum Gasteiger partial charge on any atom is -0.324 e. The monoisotopic (exact) mass is 261 g/mol. The molecular formula is C13H21Cl2N. The molecule has 0 heterocycles. The van der Waals surface area contributed by atoms with Crippen molar-refractivity contribution in [1.29, 1.82) is 0 Å². The molecule has 1 rings (SSSR count). The standard InChI is InChI=1S/C13H20ClN.ClH/c1-9(2)4-7-13(15)11-5-6-12(14)10(3)8-11;/h5-6,8-9,13H,4,7,15H2,1-3H3;1H/t13-;/m1./s1. The maximum atomic E-state index is 6.12. The van der Waals surface area contributed by atoms with Crippen LogP contribution in [-0.2, 0) is 0 Å². The van der Waals surface area contributed by atoms with Gasteiger partial charge >= 0.3 is 0 Å². The summed E-state index contributed by atoms with van der Waals surface area (Å²) < 4.78 is 0. The molecule has 0 unspecified atom stereocenters. The highest BCUT2D eigenvalue weighted by atomic mass is 35.5. The van der Waals surface area contributed by atoms with Crippen molar-refractivity contribution in [3.05, 3.63) is 34.3 Å². The Balaban J connectivity index is 0.00000225. The summed E-state index contributed by atoms with van der Waals surface area (Å²) in [6, 6.07) is 6.19. The fourth-order valence-electron chi connectivity index (χ4n) is 1.58. The molecule has 0 aliphatic carbocycles. The topological polar surface area (TPSA) is 26.0 Å². The first-order chi connectivity index (χ1) is 7.00. The Morgan fingerprint density at radius 2 is 1.88 bits per heavy atom. The van der Waals surface area contributed by atoms with E-state index in [1.165, 1.54) is 12.0 Å². The fourth-order valence-corrected chi connectivity index (χ4v) is 1.70. The first-order valence-electron chi connectivity index (χ1n) is 5.52. The molecule has 92 valence electrons. The normalized spacial score (nSPS) is 12.4. The number of rotatable bonds is 4. The quantitative estimate of drug-likeness (QED) is 0.849. The van der Waals surface area contributed by atoms with Crippen LogP contribution in [0.4, 0.5) is 0 Å². The van der Waals surface area contributed by atoms with Gasteiger partial charge in [-0.15, -0.1) is 12.4 Å². The zero-order chi connectivity index (χ0) is 11.4. The lowest BCUT2D eigenvalue weighted by Gasteiger charge is -2.14. The van der Waals surface area contributed by atoms with Gasteiger partial charge in [-0.2, -0.15) is 0 Å². The van der Waals surface area contributed by atoms with Crippen molar-refractivity contribution in [3.63, 3.8) is 0 Å². The second-order valence-electron chi connectivity index (χ2n) is 4.59. The lowest BCUT2D eigenvalue weighted by atomic mass is 9.97. The summed E-state index contributed by atoms with van der Waals surface area (Å²) in [5.74, 6) is 0.712. The van der Waals surface area contributed by atoms with E-state index < -0.39 is 0 Å². The number of hydrogen-bond acceptors (Lipinski definition) is 1. The second kappa shape index (κ2) is 7.16. The Bertz CT molecular complexity index is 324. The van der Waals surface area contributed by atoms with E-state index in [9.17, 15) is 0 Å². The molecule has 0 saturated carbocycles. The Hall–Kier alpha value is -0.240. The highest BCUT2D eigenvalue weighted by Gasteiger charge is 2.08. The molecule has 0 saturated heterocycles. The van der Waals surface area contributed by atoms with Gasteiger partial charge in [-0.25, -0.2) is 0 Å². The van der Waals surface area contributed by atoms with Crippen LogP contribution in [0.2, 0.25) is 5.02 Å². The number of benzene rings is 1. The maximum Gasteiger partial charge on any atom is 0.0435 e. The van der Waals surface area contributed by atoms with Gasteiger partial charge in [-0.1, -0.05) is 37.6 Å². The third-order valence-electron chi connectivity index (χ3n) is 2.67. The van der Waals surface area contributed by atoms with Crippen molar-refractivity contribution < 1.29 is 0 Å². The average Bonchev–Trinajstić information content (AvgIpc) is 2.18. The van der Waals surface area contributed by atoms with Crippen LogP contribution < -0.4 is 5.73 Å². The molecule has 0 spiro atoms. The second-order valence-corrected chi connectivity index (χ2v) is 4.99. The first kappa shape index (κ1) is 15.8. The molecule has 3 heteroatoms. The van der Waals surface area contributed by atoms with E-state index in [0.717, 1.165) is 17.0 Å². The third-order valence-corrected chi connectivity index (χ3v) is 3.09.